The molecule has 0 N–H and O–H groups in total. The molecule has 4 aromatic heterocycles. The van der Waals surface area contributed by atoms with E-state index in [1.54, 1.807) is 22.9 Å². The number of nitrogens with zero attached hydrogens (tertiary/aromatic N) is 5. The third-order valence-corrected chi connectivity index (χ3v) is 4.63. The van der Waals surface area contributed by atoms with Crippen LogP contribution in [0.3, 0.4) is 0 Å². The monoisotopic (exact) mass is 387 g/mol. The standard InChI is InChI=1S/C21H17N5O3/c1-12(2)26-18(24-20(27)16-7-5-9-29-16)14(11-22)10-15-19(26)23-17-13(3)6-4-8-25(17)21(15)28/h4-10,12H,1-3H3. The lowest BCUT2D eigenvalue weighted by molar-refractivity contribution is 0.0970. The van der Waals surface area contributed by atoms with Crippen molar-refractivity contribution in [2.75, 3.05) is 0 Å². The van der Waals surface area contributed by atoms with E-state index in [1.165, 1.54) is 22.8 Å². The Morgan fingerprint density at radius 1 is 1.28 bits per heavy atom. The fraction of sp³-hybridized carbons (Fsp3) is 0.190. The number of hydrogen-bond acceptors (Lipinski definition) is 5. The number of rotatable bonds is 2. The van der Waals surface area contributed by atoms with E-state index in [9.17, 15) is 14.9 Å². The van der Waals surface area contributed by atoms with Crippen LogP contribution in [0.4, 0.5) is 0 Å². The first kappa shape index (κ1) is 18.4. The van der Waals surface area contributed by atoms with Crippen molar-refractivity contribution in [3.63, 3.8) is 0 Å². The third kappa shape index (κ3) is 2.93. The number of nitriles is 1. The van der Waals surface area contributed by atoms with Crippen molar-refractivity contribution < 1.29 is 9.21 Å². The molecule has 0 saturated carbocycles. The molecule has 0 fully saturated rings. The second-order valence-corrected chi connectivity index (χ2v) is 6.89. The summed E-state index contributed by atoms with van der Waals surface area (Å²) < 4.78 is 8.21. The van der Waals surface area contributed by atoms with Crippen molar-refractivity contribution in [3.8, 4) is 6.07 Å². The molecule has 0 saturated heterocycles. The fourth-order valence-electron chi connectivity index (χ4n) is 3.29. The van der Waals surface area contributed by atoms with E-state index in [0.717, 1.165) is 5.56 Å². The molecule has 4 aromatic rings. The molecular weight excluding hydrogens is 370 g/mol. The first-order valence-corrected chi connectivity index (χ1v) is 9.02. The molecule has 0 aliphatic rings. The van der Waals surface area contributed by atoms with Gasteiger partial charge in [-0.05, 0) is 50.6 Å². The molecular formula is C21H17N5O3. The highest BCUT2D eigenvalue weighted by Crippen LogP contribution is 2.16. The molecule has 0 radical (unpaired) electrons. The van der Waals surface area contributed by atoms with E-state index >= 15 is 0 Å². The molecule has 0 aromatic carbocycles. The van der Waals surface area contributed by atoms with Gasteiger partial charge >= 0.3 is 5.91 Å². The second-order valence-electron chi connectivity index (χ2n) is 6.89. The van der Waals surface area contributed by atoms with Crippen LogP contribution < -0.4 is 11.0 Å². The predicted octanol–water partition coefficient (Wildman–Crippen LogP) is 2.74. The highest BCUT2D eigenvalue weighted by molar-refractivity contribution is 5.92. The summed E-state index contributed by atoms with van der Waals surface area (Å²) in [6, 6.07) is 9.99. The second kappa shape index (κ2) is 6.87. The maximum absolute atomic E-state index is 13.1. The Morgan fingerprint density at radius 3 is 2.72 bits per heavy atom. The number of aryl methyl sites for hydroxylation is 1. The molecule has 0 unspecified atom stereocenters. The van der Waals surface area contributed by atoms with Crippen LogP contribution >= 0.6 is 0 Å². The van der Waals surface area contributed by atoms with Crippen LogP contribution in [0.5, 0.6) is 0 Å². The van der Waals surface area contributed by atoms with E-state index in [4.69, 9.17) is 4.42 Å². The minimum Gasteiger partial charge on any atom is -0.459 e. The van der Waals surface area contributed by atoms with Gasteiger partial charge in [0.15, 0.2) is 11.2 Å². The molecule has 8 nitrogen and oxygen atoms in total. The third-order valence-electron chi connectivity index (χ3n) is 4.63. The minimum atomic E-state index is -0.617. The van der Waals surface area contributed by atoms with Gasteiger partial charge in [-0.2, -0.15) is 10.3 Å². The van der Waals surface area contributed by atoms with E-state index in [0.29, 0.717) is 11.3 Å². The summed E-state index contributed by atoms with van der Waals surface area (Å²) in [5, 5.41) is 9.97. The zero-order valence-corrected chi connectivity index (χ0v) is 16.1. The number of hydrogen-bond donors (Lipinski definition) is 0. The van der Waals surface area contributed by atoms with Gasteiger partial charge in [-0.25, -0.2) is 4.98 Å². The Kier molecular flexibility index (Phi) is 4.35. The number of fused-ring (bicyclic) bond motifs is 2. The lowest BCUT2D eigenvalue weighted by atomic mass is 10.2. The van der Waals surface area contributed by atoms with Crippen molar-refractivity contribution in [1.82, 2.24) is 14.0 Å². The number of aromatic nitrogens is 3. The van der Waals surface area contributed by atoms with Crippen molar-refractivity contribution >= 4 is 22.6 Å². The van der Waals surface area contributed by atoms with Gasteiger partial charge in [0.1, 0.15) is 17.4 Å². The summed E-state index contributed by atoms with van der Waals surface area (Å²) in [7, 11) is 0. The van der Waals surface area contributed by atoms with E-state index in [2.05, 4.69) is 9.98 Å². The summed E-state index contributed by atoms with van der Waals surface area (Å²) in [6.45, 7) is 5.61. The molecule has 4 heterocycles. The Morgan fingerprint density at radius 2 is 2.07 bits per heavy atom. The van der Waals surface area contributed by atoms with Gasteiger partial charge in [0.05, 0.1) is 17.2 Å². The first-order valence-electron chi connectivity index (χ1n) is 9.02. The van der Waals surface area contributed by atoms with Crippen LogP contribution in [0, 0.1) is 18.3 Å². The molecule has 144 valence electrons. The van der Waals surface area contributed by atoms with Gasteiger partial charge in [-0.3, -0.25) is 14.0 Å². The Hall–Kier alpha value is -3.99. The number of carbonyl (C=O) groups is 1. The Bertz CT molecular complexity index is 1430. The molecule has 8 heteroatoms. The van der Waals surface area contributed by atoms with Crippen LogP contribution in [-0.4, -0.2) is 19.9 Å². The number of carbonyl (C=O) groups excluding carboxylic acids is 1. The summed E-state index contributed by atoms with van der Waals surface area (Å²) in [5.74, 6) is -0.555. The molecule has 0 bridgehead atoms. The summed E-state index contributed by atoms with van der Waals surface area (Å²) in [6.07, 6.45) is 3.02. The van der Waals surface area contributed by atoms with Crippen LogP contribution in [0.25, 0.3) is 16.7 Å². The van der Waals surface area contributed by atoms with Crippen LogP contribution in [0.15, 0.2) is 57.0 Å². The largest absolute Gasteiger partial charge is 0.459 e. The number of amides is 1. The van der Waals surface area contributed by atoms with Crippen LogP contribution in [0.2, 0.25) is 0 Å². The van der Waals surface area contributed by atoms with E-state index in [1.807, 2.05) is 32.9 Å². The average molecular weight is 387 g/mol. The number of pyridine rings is 2. The van der Waals surface area contributed by atoms with E-state index < -0.39 is 5.91 Å². The smallest absolute Gasteiger partial charge is 0.314 e. The topological polar surface area (TPSA) is 106 Å². The summed E-state index contributed by atoms with van der Waals surface area (Å²) in [5.41, 5.74) is 1.66. The molecule has 1 amide bonds. The van der Waals surface area contributed by atoms with Gasteiger partial charge < -0.3 is 8.98 Å². The highest BCUT2D eigenvalue weighted by atomic mass is 16.3. The van der Waals surface area contributed by atoms with Gasteiger partial charge in [0, 0.05) is 12.2 Å². The van der Waals surface area contributed by atoms with Crippen molar-refractivity contribution in [1.29, 1.82) is 5.26 Å². The normalized spacial score (nSPS) is 12.0. The van der Waals surface area contributed by atoms with Crippen molar-refractivity contribution in [2.24, 2.45) is 4.99 Å². The molecule has 0 aliphatic carbocycles. The quantitative estimate of drug-likeness (QED) is 0.492. The lowest BCUT2D eigenvalue weighted by Gasteiger charge is -2.16. The highest BCUT2D eigenvalue weighted by Gasteiger charge is 2.18. The first-order chi connectivity index (χ1) is 13.9. The van der Waals surface area contributed by atoms with Gasteiger partial charge in [0.2, 0.25) is 0 Å². The fourth-order valence-corrected chi connectivity index (χ4v) is 3.29. The molecule has 0 aliphatic heterocycles. The van der Waals surface area contributed by atoms with Crippen molar-refractivity contribution in [3.05, 3.63) is 75.5 Å². The zero-order valence-electron chi connectivity index (χ0n) is 16.1. The lowest BCUT2D eigenvalue weighted by Crippen LogP contribution is -2.30. The average Bonchev–Trinajstić information content (AvgIpc) is 3.23. The maximum atomic E-state index is 13.1. The maximum Gasteiger partial charge on any atom is 0.314 e. The molecule has 0 spiro atoms. The minimum absolute atomic E-state index is 0.0617. The molecule has 4 rings (SSSR count). The van der Waals surface area contributed by atoms with Crippen LogP contribution in [0.1, 0.15) is 41.6 Å². The molecule has 29 heavy (non-hydrogen) atoms. The van der Waals surface area contributed by atoms with Gasteiger partial charge in [-0.1, -0.05) is 6.07 Å². The summed E-state index contributed by atoms with van der Waals surface area (Å²) >= 11 is 0. The summed E-state index contributed by atoms with van der Waals surface area (Å²) in [4.78, 5) is 34.4. The number of furan rings is 1. The SMILES string of the molecule is Cc1cccn2c(=O)c3cc(C#N)c(=NC(=O)c4ccco4)n(C(C)C)c3nc12. The Balaban J connectivity index is 2.19. The van der Waals surface area contributed by atoms with E-state index in [-0.39, 0.29) is 33.8 Å². The van der Waals surface area contributed by atoms with Gasteiger partial charge in [-0.15, -0.1) is 0 Å². The van der Waals surface area contributed by atoms with Crippen LogP contribution in [-0.2, 0) is 0 Å². The Labute approximate surface area is 165 Å². The van der Waals surface area contributed by atoms with Crippen molar-refractivity contribution in [2.45, 2.75) is 26.8 Å². The predicted molar refractivity (Wildman–Crippen MR) is 105 cm³/mol. The zero-order chi connectivity index (χ0) is 20.7. The molecule has 0 atom stereocenters. The van der Waals surface area contributed by atoms with Gasteiger partial charge in [0.25, 0.3) is 5.56 Å².